The smallest absolute Gasteiger partial charge is 0.303 e. The number of carboxylic acid groups (broad SMARTS) is 1. The molecule has 0 heterocycles. The van der Waals surface area contributed by atoms with Crippen LogP contribution in [-0.4, -0.2) is 28.6 Å². The molecule has 1 rings (SSSR count). The average Bonchev–Trinajstić information content (AvgIpc) is 2.33. The van der Waals surface area contributed by atoms with Gasteiger partial charge < -0.3 is 15.5 Å². The Balaban J connectivity index is 2.49. The van der Waals surface area contributed by atoms with Crippen LogP contribution in [0, 0.1) is 11.7 Å². The Morgan fingerprint density at radius 3 is 2.68 bits per heavy atom. The molecule has 104 valence electrons. The van der Waals surface area contributed by atoms with E-state index in [1.807, 2.05) is 0 Å². The lowest BCUT2D eigenvalue weighted by molar-refractivity contribution is -0.137. The van der Waals surface area contributed by atoms with Crippen LogP contribution in [0.4, 0.5) is 4.39 Å². The van der Waals surface area contributed by atoms with Gasteiger partial charge in [0.15, 0.2) is 0 Å². The zero-order chi connectivity index (χ0) is 14.4. The molecule has 19 heavy (non-hydrogen) atoms. The quantitative estimate of drug-likeness (QED) is 0.734. The second-order valence-electron chi connectivity index (χ2n) is 4.41. The molecule has 1 atom stereocenters. The maximum absolute atomic E-state index is 13.4. The first-order valence-corrected chi connectivity index (χ1v) is 5.88. The van der Waals surface area contributed by atoms with Crippen LogP contribution in [0.5, 0.6) is 5.75 Å². The van der Waals surface area contributed by atoms with Gasteiger partial charge in [-0.3, -0.25) is 9.59 Å². The Morgan fingerprint density at radius 1 is 1.42 bits per heavy atom. The van der Waals surface area contributed by atoms with E-state index in [4.69, 9.17) is 10.2 Å². The Bertz CT molecular complexity index is 476. The number of hydrogen-bond acceptors (Lipinski definition) is 3. The highest BCUT2D eigenvalue weighted by atomic mass is 19.1. The highest BCUT2D eigenvalue weighted by molar-refractivity contribution is 5.94. The van der Waals surface area contributed by atoms with Gasteiger partial charge in [0.2, 0.25) is 0 Å². The molecule has 0 bridgehead atoms. The zero-order valence-electron chi connectivity index (χ0n) is 10.5. The number of aromatic hydroxyl groups is 1. The summed E-state index contributed by atoms with van der Waals surface area (Å²) in [6.07, 6.45) is 0.471. The van der Waals surface area contributed by atoms with Crippen molar-refractivity contribution in [1.82, 2.24) is 5.32 Å². The van der Waals surface area contributed by atoms with Crippen LogP contribution in [-0.2, 0) is 4.79 Å². The first kappa shape index (κ1) is 14.9. The van der Waals surface area contributed by atoms with Crippen molar-refractivity contribution in [2.75, 3.05) is 6.54 Å². The van der Waals surface area contributed by atoms with Gasteiger partial charge in [0.05, 0.1) is 5.56 Å². The van der Waals surface area contributed by atoms with E-state index >= 15 is 0 Å². The van der Waals surface area contributed by atoms with Crippen molar-refractivity contribution in [2.24, 2.45) is 5.92 Å². The second kappa shape index (κ2) is 6.72. The third-order valence-corrected chi connectivity index (χ3v) is 2.66. The second-order valence-corrected chi connectivity index (χ2v) is 4.41. The first-order valence-electron chi connectivity index (χ1n) is 5.88. The number of aliphatic carboxylic acids is 1. The zero-order valence-corrected chi connectivity index (χ0v) is 10.5. The monoisotopic (exact) mass is 269 g/mol. The molecule has 0 aromatic heterocycles. The van der Waals surface area contributed by atoms with Gasteiger partial charge in [-0.1, -0.05) is 6.92 Å². The Kier molecular flexibility index (Phi) is 5.29. The van der Waals surface area contributed by atoms with Gasteiger partial charge in [-0.2, -0.15) is 0 Å². The molecule has 5 nitrogen and oxygen atoms in total. The van der Waals surface area contributed by atoms with Crippen molar-refractivity contribution in [3.63, 3.8) is 0 Å². The molecule has 0 saturated heterocycles. The Labute approximate surface area is 110 Å². The largest absolute Gasteiger partial charge is 0.508 e. The number of carboxylic acids is 1. The number of carbonyl (C=O) groups is 2. The number of benzene rings is 1. The van der Waals surface area contributed by atoms with Crippen molar-refractivity contribution in [3.8, 4) is 5.75 Å². The fraction of sp³-hybridized carbons (Fsp3) is 0.385. The fourth-order valence-electron chi connectivity index (χ4n) is 1.52. The van der Waals surface area contributed by atoms with E-state index in [0.29, 0.717) is 6.42 Å². The Hall–Kier alpha value is -2.11. The minimum atomic E-state index is -0.886. The summed E-state index contributed by atoms with van der Waals surface area (Å²) in [4.78, 5) is 22.0. The van der Waals surface area contributed by atoms with Crippen LogP contribution in [0.15, 0.2) is 18.2 Å². The highest BCUT2D eigenvalue weighted by Gasteiger charge is 2.13. The molecule has 3 N–H and O–H groups in total. The van der Waals surface area contributed by atoms with Gasteiger partial charge in [0.1, 0.15) is 11.6 Å². The summed E-state index contributed by atoms with van der Waals surface area (Å²) in [5.41, 5.74) is -0.150. The van der Waals surface area contributed by atoms with Crippen molar-refractivity contribution < 1.29 is 24.2 Å². The standard InChI is InChI=1S/C13H16FNO4/c1-8(2-5-12(17)18)7-15-13(19)10-4-3-9(16)6-11(10)14/h3-4,6,8,16H,2,5,7H2,1H3,(H,15,19)(H,17,18). The molecule has 0 aliphatic heterocycles. The van der Waals surface area contributed by atoms with Crippen LogP contribution >= 0.6 is 0 Å². The van der Waals surface area contributed by atoms with Crippen molar-refractivity contribution in [1.29, 1.82) is 0 Å². The summed E-state index contributed by atoms with van der Waals surface area (Å²) >= 11 is 0. The van der Waals surface area contributed by atoms with Gasteiger partial charge >= 0.3 is 5.97 Å². The molecular formula is C13H16FNO4. The third-order valence-electron chi connectivity index (χ3n) is 2.66. The van der Waals surface area contributed by atoms with E-state index in [0.717, 1.165) is 6.07 Å². The van der Waals surface area contributed by atoms with Gasteiger partial charge in [0, 0.05) is 19.0 Å². The number of nitrogens with one attached hydrogen (secondary N) is 1. The average molecular weight is 269 g/mol. The minimum Gasteiger partial charge on any atom is -0.508 e. The Morgan fingerprint density at radius 2 is 2.11 bits per heavy atom. The predicted octanol–water partition coefficient (Wildman–Crippen LogP) is 1.76. The molecule has 1 aromatic rings. The molecule has 0 spiro atoms. The van der Waals surface area contributed by atoms with Crippen LogP contribution in [0.2, 0.25) is 0 Å². The molecule has 0 saturated carbocycles. The molecular weight excluding hydrogens is 253 g/mol. The van der Waals surface area contributed by atoms with Crippen LogP contribution < -0.4 is 5.32 Å². The lowest BCUT2D eigenvalue weighted by Crippen LogP contribution is -2.29. The summed E-state index contributed by atoms with van der Waals surface area (Å²) in [5.74, 6) is -2.53. The van der Waals surface area contributed by atoms with E-state index < -0.39 is 17.7 Å². The van der Waals surface area contributed by atoms with Gasteiger partial charge in [-0.15, -0.1) is 0 Å². The van der Waals surface area contributed by atoms with Crippen LogP contribution in [0.1, 0.15) is 30.1 Å². The molecule has 0 fully saturated rings. The van der Waals surface area contributed by atoms with Crippen LogP contribution in [0.25, 0.3) is 0 Å². The first-order chi connectivity index (χ1) is 8.90. The molecule has 0 radical (unpaired) electrons. The summed E-state index contributed by atoms with van der Waals surface area (Å²) in [5, 5.41) is 20.1. The number of carbonyl (C=O) groups excluding carboxylic acids is 1. The van der Waals surface area contributed by atoms with Crippen molar-refractivity contribution in [3.05, 3.63) is 29.6 Å². The van der Waals surface area contributed by atoms with E-state index in [9.17, 15) is 14.0 Å². The van der Waals surface area contributed by atoms with Gasteiger partial charge in [-0.05, 0) is 24.5 Å². The van der Waals surface area contributed by atoms with Crippen LogP contribution in [0.3, 0.4) is 0 Å². The molecule has 6 heteroatoms. The predicted molar refractivity (Wildman–Crippen MR) is 66.4 cm³/mol. The summed E-state index contributed by atoms with van der Waals surface area (Å²) < 4.78 is 13.4. The maximum Gasteiger partial charge on any atom is 0.303 e. The number of phenolic OH excluding ortho intramolecular Hbond substituents is 1. The van der Waals surface area contributed by atoms with E-state index in [1.165, 1.54) is 12.1 Å². The topological polar surface area (TPSA) is 86.6 Å². The number of phenols is 1. The lowest BCUT2D eigenvalue weighted by atomic mass is 10.1. The number of hydrogen-bond donors (Lipinski definition) is 3. The van der Waals surface area contributed by atoms with Gasteiger partial charge in [-0.25, -0.2) is 4.39 Å². The summed E-state index contributed by atoms with van der Waals surface area (Å²) in [6, 6.07) is 3.29. The summed E-state index contributed by atoms with van der Waals surface area (Å²) in [7, 11) is 0. The van der Waals surface area contributed by atoms with Crippen molar-refractivity contribution in [2.45, 2.75) is 19.8 Å². The molecule has 1 unspecified atom stereocenters. The molecule has 0 aliphatic carbocycles. The highest BCUT2D eigenvalue weighted by Crippen LogP contribution is 2.15. The summed E-state index contributed by atoms with van der Waals surface area (Å²) in [6.45, 7) is 2.07. The SMILES string of the molecule is CC(CCC(=O)O)CNC(=O)c1ccc(O)cc1F. The number of amides is 1. The molecule has 1 aromatic carbocycles. The fourth-order valence-corrected chi connectivity index (χ4v) is 1.52. The van der Waals surface area contributed by atoms with E-state index in [1.54, 1.807) is 6.92 Å². The number of halogens is 1. The van der Waals surface area contributed by atoms with E-state index in [-0.39, 0.29) is 30.2 Å². The third kappa shape index (κ3) is 4.95. The lowest BCUT2D eigenvalue weighted by Gasteiger charge is -2.11. The van der Waals surface area contributed by atoms with E-state index in [2.05, 4.69) is 5.32 Å². The molecule has 1 amide bonds. The number of rotatable bonds is 6. The minimum absolute atomic E-state index is 0.0137. The maximum atomic E-state index is 13.4. The normalized spacial score (nSPS) is 11.9. The van der Waals surface area contributed by atoms with Gasteiger partial charge in [0.25, 0.3) is 5.91 Å². The van der Waals surface area contributed by atoms with Crippen molar-refractivity contribution >= 4 is 11.9 Å². The molecule has 0 aliphatic rings.